The van der Waals surface area contributed by atoms with Gasteiger partial charge in [-0.25, -0.2) is 9.59 Å². The first kappa shape index (κ1) is 20.4. The third-order valence-corrected chi connectivity index (χ3v) is 4.24. The number of amides is 1. The van der Waals surface area contributed by atoms with E-state index in [1.54, 1.807) is 31.2 Å². The van der Waals surface area contributed by atoms with Crippen LogP contribution in [0.1, 0.15) is 22.8 Å². The summed E-state index contributed by atoms with van der Waals surface area (Å²) in [5.41, 5.74) is 0.132. The predicted molar refractivity (Wildman–Crippen MR) is 108 cm³/mol. The molecule has 0 aliphatic carbocycles. The van der Waals surface area contributed by atoms with E-state index >= 15 is 0 Å². The molecule has 0 saturated heterocycles. The molecule has 0 radical (unpaired) electrons. The van der Waals surface area contributed by atoms with Crippen molar-refractivity contribution in [3.63, 3.8) is 0 Å². The summed E-state index contributed by atoms with van der Waals surface area (Å²) >= 11 is 5.89. The zero-order valence-corrected chi connectivity index (χ0v) is 16.5. The first-order valence-electron chi connectivity index (χ1n) is 8.83. The molecule has 0 saturated carbocycles. The number of hydrogen-bond acceptors (Lipinski definition) is 6. The van der Waals surface area contributed by atoms with Gasteiger partial charge >= 0.3 is 11.6 Å². The molecule has 0 fully saturated rings. The Kier molecular flexibility index (Phi) is 6.19. The Labute approximate surface area is 171 Å². The lowest BCUT2D eigenvalue weighted by molar-refractivity contribution is -0.136. The molecule has 1 amide bonds. The number of esters is 1. The molecule has 0 unspecified atom stereocenters. The van der Waals surface area contributed by atoms with Crippen molar-refractivity contribution < 1.29 is 23.5 Å². The highest BCUT2D eigenvalue weighted by Crippen LogP contribution is 2.23. The first-order chi connectivity index (χ1) is 13.9. The van der Waals surface area contributed by atoms with Crippen LogP contribution in [-0.4, -0.2) is 25.0 Å². The maximum absolute atomic E-state index is 12.1. The molecule has 1 heterocycles. The van der Waals surface area contributed by atoms with Crippen LogP contribution in [0.25, 0.3) is 11.0 Å². The molecular formula is C21H18ClNO6. The summed E-state index contributed by atoms with van der Waals surface area (Å²) in [5, 5.41) is 3.65. The summed E-state index contributed by atoms with van der Waals surface area (Å²) in [5.74, 6) is -0.421. The van der Waals surface area contributed by atoms with Crippen LogP contribution in [-0.2, 0) is 4.79 Å². The van der Waals surface area contributed by atoms with Crippen molar-refractivity contribution in [1.29, 1.82) is 0 Å². The van der Waals surface area contributed by atoms with Gasteiger partial charge in [0.25, 0.3) is 5.91 Å². The van der Waals surface area contributed by atoms with E-state index in [9.17, 15) is 14.4 Å². The molecular weight excluding hydrogens is 398 g/mol. The Bertz CT molecular complexity index is 1140. The summed E-state index contributed by atoms with van der Waals surface area (Å²) in [4.78, 5) is 36.0. The normalized spacial score (nSPS) is 10.6. The summed E-state index contributed by atoms with van der Waals surface area (Å²) in [6.45, 7) is 3.65. The number of nitrogens with one attached hydrogen (secondary N) is 1. The smallest absolute Gasteiger partial charge is 0.349 e. The third-order valence-electron chi connectivity index (χ3n) is 4.00. The minimum Gasteiger partial charge on any atom is -0.482 e. The van der Waals surface area contributed by atoms with Crippen LogP contribution in [0.3, 0.4) is 0 Å². The Morgan fingerprint density at radius 1 is 1.14 bits per heavy atom. The van der Waals surface area contributed by atoms with Crippen molar-refractivity contribution >= 4 is 34.4 Å². The van der Waals surface area contributed by atoms with Gasteiger partial charge in [0.05, 0.1) is 0 Å². The average Bonchev–Trinajstić information content (AvgIpc) is 2.67. The van der Waals surface area contributed by atoms with Gasteiger partial charge in [0.15, 0.2) is 6.61 Å². The van der Waals surface area contributed by atoms with Gasteiger partial charge in [-0.15, -0.1) is 0 Å². The van der Waals surface area contributed by atoms with Gasteiger partial charge in [-0.2, -0.15) is 0 Å². The number of ether oxygens (including phenoxy) is 2. The van der Waals surface area contributed by atoms with Crippen LogP contribution < -0.4 is 20.4 Å². The van der Waals surface area contributed by atoms with Crippen LogP contribution in [0.2, 0.25) is 5.02 Å². The van der Waals surface area contributed by atoms with Gasteiger partial charge in [0.1, 0.15) is 22.6 Å². The second-order valence-electron chi connectivity index (χ2n) is 6.18. The van der Waals surface area contributed by atoms with Crippen molar-refractivity contribution in [2.75, 3.05) is 13.2 Å². The Morgan fingerprint density at radius 2 is 1.93 bits per heavy atom. The van der Waals surface area contributed by atoms with Gasteiger partial charge in [-0.05, 0) is 55.8 Å². The van der Waals surface area contributed by atoms with E-state index in [1.165, 1.54) is 18.2 Å². The third kappa shape index (κ3) is 4.94. The summed E-state index contributed by atoms with van der Waals surface area (Å²) in [6.07, 6.45) is 0. The van der Waals surface area contributed by atoms with Crippen LogP contribution in [0.5, 0.6) is 11.5 Å². The first-order valence-corrected chi connectivity index (χ1v) is 9.21. The molecule has 0 atom stereocenters. The molecule has 2 aromatic carbocycles. The number of carbonyl (C=O) groups is 2. The summed E-state index contributed by atoms with van der Waals surface area (Å²) in [7, 11) is 0. The number of halogens is 1. The van der Waals surface area contributed by atoms with Crippen molar-refractivity contribution in [3.8, 4) is 11.5 Å². The molecule has 3 aromatic rings. The molecule has 150 valence electrons. The van der Waals surface area contributed by atoms with E-state index in [0.717, 1.165) is 5.56 Å². The van der Waals surface area contributed by atoms with Crippen LogP contribution in [0, 0.1) is 6.92 Å². The Hall–Kier alpha value is -3.32. The van der Waals surface area contributed by atoms with Gasteiger partial charge in [0.2, 0.25) is 0 Å². The highest BCUT2D eigenvalue weighted by molar-refractivity contribution is 6.30. The Balaban J connectivity index is 1.71. The largest absolute Gasteiger partial charge is 0.482 e. The number of carbonyl (C=O) groups excluding carboxylic acids is 2. The van der Waals surface area contributed by atoms with Gasteiger partial charge in [0, 0.05) is 23.0 Å². The molecule has 3 rings (SSSR count). The standard InChI is InChI=1S/C21H18ClNO6/c1-3-23-20(25)16-9-13-4-6-15(10-18(13)29-21(16)26)28-19(24)11-27-17-7-5-14(22)8-12(17)2/h4-10H,3,11H2,1-2H3,(H,23,25). The SMILES string of the molecule is CCNC(=O)c1cc2ccc(OC(=O)COc3ccc(Cl)cc3C)cc2oc1=O. The van der Waals surface area contributed by atoms with E-state index in [4.69, 9.17) is 25.5 Å². The fourth-order valence-corrected chi connectivity index (χ4v) is 2.87. The lowest BCUT2D eigenvalue weighted by Crippen LogP contribution is -2.27. The molecule has 0 bridgehead atoms. The molecule has 8 heteroatoms. The molecule has 0 spiro atoms. The number of hydrogen-bond donors (Lipinski definition) is 1. The minimum atomic E-state index is -0.770. The van der Waals surface area contributed by atoms with E-state index in [0.29, 0.717) is 22.7 Å². The van der Waals surface area contributed by atoms with Crippen LogP contribution >= 0.6 is 11.6 Å². The summed E-state index contributed by atoms with van der Waals surface area (Å²) < 4.78 is 15.9. The maximum atomic E-state index is 12.1. The van der Waals surface area contributed by atoms with Gasteiger partial charge < -0.3 is 19.2 Å². The fraction of sp³-hybridized carbons (Fsp3) is 0.190. The van der Waals surface area contributed by atoms with Crippen molar-refractivity contribution in [1.82, 2.24) is 5.32 Å². The number of rotatable bonds is 6. The zero-order chi connectivity index (χ0) is 21.0. The van der Waals surface area contributed by atoms with Gasteiger partial charge in [-0.1, -0.05) is 11.6 Å². The quantitative estimate of drug-likeness (QED) is 0.376. The fourth-order valence-electron chi connectivity index (χ4n) is 2.64. The lowest BCUT2D eigenvalue weighted by Gasteiger charge is -2.09. The number of aryl methyl sites for hydroxylation is 1. The average molecular weight is 416 g/mol. The predicted octanol–water partition coefficient (Wildman–Crippen LogP) is 3.49. The second kappa shape index (κ2) is 8.79. The van der Waals surface area contributed by atoms with Crippen molar-refractivity contribution in [2.24, 2.45) is 0 Å². The zero-order valence-electron chi connectivity index (χ0n) is 15.8. The highest BCUT2D eigenvalue weighted by Gasteiger charge is 2.14. The second-order valence-corrected chi connectivity index (χ2v) is 6.62. The van der Waals surface area contributed by atoms with Crippen molar-refractivity contribution in [2.45, 2.75) is 13.8 Å². The maximum Gasteiger partial charge on any atom is 0.349 e. The molecule has 0 aliphatic heterocycles. The molecule has 1 N–H and O–H groups in total. The molecule has 7 nitrogen and oxygen atoms in total. The number of fused-ring (bicyclic) bond motifs is 1. The molecule has 29 heavy (non-hydrogen) atoms. The highest BCUT2D eigenvalue weighted by atomic mass is 35.5. The monoisotopic (exact) mass is 415 g/mol. The van der Waals surface area contributed by atoms with Gasteiger partial charge in [-0.3, -0.25) is 4.79 Å². The molecule has 0 aliphatic rings. The van der Waals surface area contributed by atoms with Crippen molar-refractivity contribution in [3.05, 3.63) is 69.0 Å². The molecule has 1 aromatic heterocycles. The Morgan fingerprint density at radius 3 is 2.66 bits per heavy atom. The van der Waals surface area contributed by atoms with E-state index in [-0.39, 0.29) is 23.5 Å². The van der Waals surface area contributed by atoms with Crippen LogP contribution in [0.4, 0.5) is 0 Å². The number of benzene rings is 2. The minimum absolute atomic E-state index is 0.0872. The summed E-state index contributed by atoms with van der Waals surface area (Å²) in [6, 6.07) is 11.0. The van der Waals surface area contributed by atoms with E-state index in [2.05, 4.69) is 5.32 Å². The van der Waals surface area contributed by atoms with E-state index in [1.807, 2.05) is 6.92 Å². The van der Waals surface area contributed by atoms with E-state index < -0.39 is 17.5 Å². The topological polar surface area (TPSA) is 94.8 Å². The lowest BCUT2D eigenvalue weighted by atomic mass is 10.1. The van der Waals surface area contributed by atoms with Crippen LogP contribution in [0.15, 0.2) is 51.7 Å².